The molecule has 4 heteroatoms. The Bertz CT molecular complexity index is 3300. The molecule has 3 unspecified atom stereocenters. The predicted molar refractivity (Wildman–Crippen MR) is 237 cm³/mol. The fourth-order valence-electron chi connectivity index (χ4n) is 11.1. The standard InChI is InChI=1S/C51H36N4.C2H6/c1-3-28-20-38(28)46-32(27-53)25-44-47(34(46)4-2)40-22-30(36-17-11-19-43-48(36)37-15-8-9-18-42(37)54(43)33-13-6-5-7-14-33)23-41-50-45(55(44)51(40)41)24-31(26-52)39-21-29-12-10-16-35(29)49(39)50;1-2/h4-9,11,13-15,17-19,21-25,28,35,38H,2-3,10,12,16,20H2,1H3;1-2H3. The Morgan fingerprint density at radius 2 is 1.47 bits per heavy atom. The molecule has 0 bridgehead atoms. The van der Waals surface area contributed by atoms with Crippen molar-refractivity contribution in [3.8, 4) is 29.0 Å². The Morgan fingerprint density at radius 1 is 0.754 bits per heavy atom. The lowest BCUT2D eigenvalue weighted by Crippen LogP contribution is -1.98. The van der Waals surface area contributed by atoms with E-state index in [1.54, 1.807) is 0 Å². The van der Waals surface area contributed by atoms with Gasteiger partial charge in [0, 0.05) is 43.9 Å². The molecule has 0 spiro atoms. The van der Waals surface area contributed by atoms with Crippen molar-refractivity contribution < 1.29 is 0 Å². The Balaban J connectivity index is 0.00000184. The van der Waals surface area contributed by atoms with Gasteiger partial charge in [-0.15, -0.1) is 0 Å². The van der Waals surface area contributed by atoms with Crippen LogP contribution in [0.5, 0.6) is 0 Å². The number of hydrogen-bond donors (Lipinski definition) is 0. The highest BCUT2D eigenvalue weighted by Gasteiger charge is 2.41. The first-order chi connectivity index (χ1) is 28.1. The molecule has 2 saturated carbocycles. The van der Waals surface area contributed by atoms with E-state index in [2.05, 4.69) is 138 Å². The maximum absolute atomic E-state index is 10.7. The summed E-state index contributed by atoms with van der Waals surface area (Å²) in [7, 11) is 0. The average Bonchev–Trinajstić information content (AvgIpc) is 3.62. The second-order valence-electron chi connectivity index (χ2n) is 16.0. The van der Waals surface area contributed by atoms with E-state index in [4.69, 9.17) is 0 Å². The van der Waals surface area contributed by atoms with E-state index in [1.165, 1.54) is 72.2 Å². The summed E-state index contributed by atoms with van der Waals surface area (Å²) in [6, 6.07) is 40.5. The minimum absolute atomic E-state index is 0.338. The Hall–Kier alpha value is -6.62. The van der Waals surface area contributed by atoms with Gasteiger partial charge in [-0.2, -0.15) is 10.5 Å². The van der Waals surface area contributed by atoms with E-state index in [0.717, 1.165) is 75.6 Å². The van der Waals surface area contributed by atoms with Crippen molar-refractivity contribution >= 4 is 72.1 Å². The molecule has 2 fully saturated rings. The van der Waals surface area contributed by atoms with Crippen molar-refractivity contribution in [2.45, 2.75) is 64.7 Å². The first-order valence-electron chi connectivity index (χ1n) is 20.7. The van der Waals surface area contributed by atoms with Crippen molar-refractivity contribution in [1.29, 1.82) is 10.5 Å². The first-order valence-corrected chi connectivity index (χ1v) is 20.7. The molecule has 4 nitrogen and oxygen atoms in total. The van der Waals surface area contributed by atoms with Crippen LogP contribution in [0.4, 0.5) is 0 Å². The number of benzene rings is 6. The molecule has 3 aliphatic rings. The van der Waals surface area contributed by atoms with Gasteiger partial charge in [-0.25, -0.2) is 0 Å². The molecule has 3 aromatic heterocycles. The van der Waals surface area contributed by atoms with Gasteiger partial charge in [0.05, 0.1) is 50.8 Å². The second-order valence-corrected chi connectivity index (χ2v) is 16.0. The van der Waals surface area contributed by atoms with Crippen LogP contribution >= 0.6 is 0 Å². The third-order valence-electron chi connectivity index (χ3n) is 13.5. The summed E-state index contributed by atoms with van der Waals surface area (Å²) in [5.41, 5.74) is 16.7. The van der Waals surface area contributed by atoms with Gasteiger partial charge in [-0.1, -0.05) is 100 Å². The minimum Gasteiger partial charge on any atom is -0.309 e. The predicted octanol–water partition coefficient (Wildman–Crippen LogP) is 14.2. The molecule has 57 heavy (non-hydrogen) atoms. The van der Waals surface area contributed by atoms with E-state index >= 15 is 0 Å². The van der Waals surface area contributed by atoms with Crippen LogP contribution in [-0.4, -0.2) is 8.97 Å². The van der Waals surface area contributed by atoms with Crippen LogP contribution in [0.1, 0.15) is 98.1 Å². The lowest BCUT2D eigenvalue weighted by atomic mass is 9.88. The van der Waals surface area contributed by atoms with Gasteiger partial charge in [0.25, 0.3) is 0 Å². The lowest BCUT2D eigenvalue weighted by Gasteiger charge is -2.15. The zero-order chi connectivity index (χ0) is 38.7. The quantitative estimate of drug-likeness (QED) is 0.177. The van der Waals surface area contributed by atoms with Crippen LogP contribution in [0.15, 0.2) is 109 Å². The third-order valence-corrected chi connectivity index (χ3v) is 13.5. The molecule has 0 saturated heterocycles. The molecule has 0 aliphatic heterocycles. The van der Waals surface area contributed by atoms with Crippen molar-refractivity contribution in [2.75, 3.05) is 0 Å². The zero-order valence-electron chi connectivity index (χ0n) is 32.7. The summed E-state index contributed by atoms with van der Waals surface area (Å²) < 4.78 is 4.78. The minimum atomic E-state index is 0.338. The first kappa shape index (κ1) is 33.7. The smallest absolute Gasteiger partial charge is 0.0998 e. The molecule has 6 aromatic carbocycles. The molecule has 0 N–H and O–H groups in total. The van der Waals surface area contributed by atoms with E-state index in [-0.39, 0.29) is 0 Å². The van der Waals surface area contributed by atoms with Crippen molar-refractivity contribution in [1.82, 2.24) is 8.97 Å². The molecule has 3 atom stereocenters. The van der Waals surface area contributed by atoms with Gasteiger partial charge >= 0.3 is 0 Å². The monoisotopic (exact) mass is 734 g/mol. The molecule has 3 aliphatic carbocycles. The van der Waals surface area contributed by atoms with Gasteiger partial charge < -0.3 is 8.97 Å². The van der Waals surface area contributed by atoms with Crippen molar-refractivity contribution in [2.24, 2.45) is 5.92 Å². The number of nitrogens with zero attached hydrogens (tertiary/aromatic N) is 4. The summed E-state index contributed by atoms with van der Waals surface area (Å²) in [5.74, 6) is 1.29. The summed E-state index contributed by atoms with van der Waals surface area (Å²) in [4.78, 5) is 0. The number of allylic oxidation sites excluding steroid dienone is 1. The molecule has 0 radical (unpaired) electrons. The fraction of sp³-hybridized carbons (Fsp3) is 0.208. The Kier molecular flexibility index (Phi) is 7.36. The molecular formula is C53H42N4. The lowest BCUT2D eigenvalue weighted by molar-refractivity contribution is 0.765. The largest absolute Gasteiger partial charge is 0.309 e. The van der Waals surface area contributed by atoms with Crippen LogP contribution in [-0.2, 0) is 0 Å². The van der Waals surface area contributed by atoms with Crippen molar-refractivity contribution in [3.63, 3.8) is 0 Å². The topological polar surface area (TPSA) is 56.9 Å². The maximum Gasteiger partial charge on any atom is 0.0998 e. The SMILES string of the molecule is C=Cc1c(C2CC2CC)c(C#N)cc2c1c1cc(-c3cccc4c3c3ccccc3n4-c3ccccc3)cc3c4c5c(c(C#N)cc4n2c13)C=C1CCCC15.CC. The third kappa shape index (κ3) is 4.42. The van der Waals surface area contributed by atoms with E-state index in [9.17, 15) is 10.5 Å². The summed E-state index contributed by atoms with van der Waals surface area (Å²) in [5, 5.41) is 28.6. The second kappa shape index (κ2) is 12.4. The van der Waals surface area contributed by atoms with Crippen LogP contribution in [0, 0.1) is 28.6 Å². The number of rotatable bonds is 5. The molecule has 12 rings (SSSR count). The van der Waals surface area contributed by atoms with Crippen molar-refractivity contribution in [3.05, 3.63) is 143 Å². The number of fused-ring (bicyclic) bond motifs is 13. The highest BCUT2D eigenvalue weighted by atomic mass is 15.0. The van der Waals surface area contributed by atoms with Crippen LogP contribution < -0.4 is 0 Å². The van der Waals surface area contributed by atoms with E-state index in [0.29, 0.717) is 17.8 Å². The Labute approximate surface area is 332 Å². The highest BCUT2D eigenvalue weighted by molar-refractivity contribution is 6.28. The number of hydrogen-bond acceptors (Lipinski definition) is 2. The van der Waals surface area contributed by atoms with Gasteiger partial charge in [0.2, 0.25) is 0 Å². The van der Waals surface area contributed by atoms with Crippen LogP contribution in [0.25, 0.3) is 88.9 Å². The number of para-hydroxylation sites is 2. The van der Waals surface area contributed by atoms with Gasteiger partial charge in [0.15, 0.2) is 0 Å². The molecule has 9 aromatic rings. The Morgan fingerprint density at radius 3 is 2.23 bits per heavy atom. The van der Waals surface area contributed by atoms with Gasteiger partial charge in [-0.05, 0) is 119 Å². The highest BCUT2D eigenvalue weighted by Crippen LogP contribution is 2.56. The number of aromatic nitrogens is 2. The van der Waals surface area contributed by atoms with E-state index in [1.807, 2.05) is 19.9 Å². The molecule has 274 valence electrons. The summed E-state index contributed by atoms with van der Waals surface area (Å²) in [6.45, 7) is 10.7. The zero-order valence-corrected chi connectivity index (χ0v) is 32.7. The fourth-order valence-corrected chi connectivity index (χ4v) is 11.1. The maximum atomic E-state index is 10.7. The molecule has 0 amide bonds. The molecule has 3 heterocycles. The van der Waals surface area contributed by atoms with E-state index < -0.39 is 0 Å². The van der Waals surface area contributed by atoms with Gasteiger partial charge in [0.1, 0.15) is 0 Å². The average molecular weight is 735 g/mol. The van der Waals surface area contributed by atoms with Crippen LogP contribution in [0.3, 0.4) is 0 Å². The van der Waals surface area contributed by atoms with Gasteiger partial charge in [-0.3, -0.25) is 0 Å². The number of nitriles is 2. The molecular weight excluding hydrogens is 693 g/mol. The van der Waals surface area contributed by atoms with Crippen LogP contribution in [0.2, 0.25) is 0 Å². The summed E-state index contributed by atoms with van der Waals surface area (Å²) >= 11 is 0. The normalized spacial score (nSPS) is 18.2. The summed E-state index contributed by atoms with van der Waals surface area (Å²) in [6.07, 6.45) is 9.93.